The first kappa shape index (κ1) is 15.4. The Morgan fingerprint density at radius 2 is 1.82 bits per heavy atom. The lowest BCUT2D eigenvalue weighted by Crippen LogP contribution is -1.99. The van der Waals surface area contributed by atoms with E-state index in [-0.39, 0.29) is 0 Å². The van der Waals surface area contributed by atoms with Crippen LogP contribution in [0.15, 0.2) is 53.7 Å². The molecule has 0 unspecified atom stereocenters. The van der Waals surface area contributed by atoms with Crippen molar-refractivity contribution < 1.29 is 0 Å². The second-order valence-corrected chi connectivity index (χ2v) is 6.51. The minimum atomic E-state index is 0.641. The van der Waals surface area contributed by atoms with Crippen LogP contribution in [0, 0.1) is 6.92 Å². The molecule has 0 saturated carbocycles. The second-order valence-electron chi connectivity index (χ2n) is 4.73. The third-order valence-corrected chi connectivity index (χ3v) is 4.75. The molecule has 3 nitrogen and oxygen atoms in total. The normalized spacial score (nSPS) is 10.9. The molecule has 2 aromatic carbocycles. The van der Waals surface area contributed by atoms with E-state index < -0.39 is 0 Å². The molecule has 0 aliphatic heterocycles. The molecule has 0 atom stereocenters. The van der Waals surface area contributed by atoms with E-state index in [9.17, 15) is 0 Å². The number of benzene rings is 2. The van der Waals surface area contributed by atoms with E-state index >= 15 is 0 Å². The summed E-state index contributed by atoms with van der Waals surface area (Å²) >= 11 is 13.7. The maximum atomic E-state index is 6.22. The highest BCUT2D eigenvalue weighted by Gasteiger charge is 2.12. The first-order valence-electron chi connectivity index (χ1n) is 6.69. The molecule has 0 spiro atoms. The van der Waals surface area contributed by atoms with Gasteiger partial charge < -0.3 is 0 Å². The minimum absolute atomic E-state index is 0.641. The van der Waals surface area contributed by atoms with Crippen LogP contribution in [0.1, 0.15) is 11.4 Å². The monoisotopic (exact) mass is 349 g/mol. The number of rotatable bonds is 4. The molecule has 112 valence electrons. The molecule has 3 rings (SSSR count). The molecular formula is C16H13Cl2N3S. The van der Waals surface area contributed by atoms with Gasteiger partial charge >= 0.3 is 0 Å². The van der Waals surface area contributed by atoms with Gasteiger partial charge in [-0.1, -0.05) is 59.2 Å². The van der Waals surface area contributed by atoms with Gasteiger partial charge in [-0.25, -0.2) is 0 Å². The number of halogens is 2. The summed E-state index contributed by atoms with van der Waals surface area (Å²) in [6.45, 7) is 1.94. The smallest absolute Gasteiger partial charge is 0.196 e. The highest BCUT2D eigenvalue weighted by atomic mass is 35.5. The molecule has 0 aliphatic rings. The minimum Gasteiger partial charge on any atom is -0.274 e. The van der Waals surface area contributed by atoms with Gasteiger partial charge in [0.25, 0.3) is 0 Å². The zero-order valence-corrected chi connectivity index (χ0v) is 14.2. The Balaban J connectivity index is 1.85. The first-order valence-corrected chi connectivity index (χ1v) is 8.43. The van der Waals surface area contributed by atoms with Gasteiger partial charge in [0.05, 0.1) is 0 Å². The number of aromatic nitrogens is 3. The van der Waals surface area contributed by atoms with Gasteiger partial charge in [0.1, 0.15) is 5.82 Å². The van der Waals surface area contributed by atoms with Gasteiger partial charge in [-0.05, 0) is 36.8 Å². The van der Waals surface area contributed by atoms with E-state index in [0.29, 0.717) is 15.8 Å². The highest BCUT2D eigenvalue weighted by Crippen LogP contribution is 2.29. The van der Waals surface area contributed by atoms with Gasteiger partial charge in [-0.15, -0.1) is 10.2 Å². The zero-order valence-electron chi connectivity index (χ0n) is 11.8. The Morgan fingerprint density at radius 1 is 1.05 bits per heavy atom. The number of hydrogen-bond acceptors (Lipinski definition) is 3. The summed E-state index contributed by atoms with van der Waals surface area (Å²) in [7, 11) is 0. The van der Waals surface area contributed by atoms with Crippen molar-refractivity contribution in [3.05, 3.63) is 70.0 Å². The number of hydrogen-bond donors (Lipinski definition) is 0. The molecular weight excluding hydrogens is 337 g/mol. The summed E-state index contributed by atoms with van der Waals surface area (Å²) in [6.07, 6.45) is 0. The maximum Gasteiger partial charge on any atom is 0.196 e. The fourth-order valence-corrected chi connectivity index (χ4v) is 3.65. The lowest BCUT2D eigenvalue weighted by Gasteiger charge is -2.08. The second kappa shape index (κ2) is 6.73. The Morgan fingerprint density at radius 3 is 2.55 bits per heavy atom. The number of para-hydroxylation sites is 1. The van der Waals surface area contributed by atoms with Crippen LogP contribution in [0.4, 0.5) is 0 Å². The Bertz CT molecular complexity index is 787. The predicted octanol–water partition coefficient (Wildman–Crippen LogP) is 5.17. The SMILES string of the molecule is Cc1nnc(SCc2ccc(Cl)cc2Cl)n1-c1ccccc1. The lowest BCUT2D eigenvalue weighted by atomic mass is 10.2. The quantitative estimate of drug-likeness (QED) is 0.608. The van der Waals surface area contributed by atoms with Crippen LogP contribution in [0.2, 0.25) is 10.0 Å². The molecule has 1 heterocycles. The average Bonchev–Trinajstić information content (AvgIpc) is 2.88. The van der Waals surface area contributed by atoms with Gasteiger partial charge in [-0.2, -0.15) is 0 Å². The molecule has 3 aromatic rings. The van der Waals surface area contributed by atoms with E-state index in [1.807, 2.05) is 54.0 Å². The van der Waals surface area contributed by atoms with Gasteiger partial charge in [0.15, 0.2) is 5.16 Å². The van der Waals surface area contributed by atoms with Crippen LogP contribution >= 0.6 is 35.0 Å². The maximum absolute atomic E-state index is 6.22. The summed E-state index contributed by atoms with van der Waals surface area (Å²) in [5.41, 5.74) is 2.08. The number of nitrogens with zero attached hydrogens (tertiary/aromatic N) is 3. The van der Waals surface area contributed by atoms with Crippen LogP contribution < -0.4 is 0 Å². The topological polar surface area (TPSA) is 30.7 Å². The molecule has 0 amide bonds. The van der Waals surface area contributed by atoms with Crippen molar-refractivity contribution in [1.29, 1.82) is 0 Å². The van der Waals surface area contributed by atoms with E-state index in [0.717, 1.165) is 22.2 Å². The van der Waals surface area contributed by atoms with Crippen LogP contribution in [-0.2, 0) is 5.75 Å². The molecule has 0 aliphatic carbocycles. The average molecular weight is 350 g/mol. The van der Waals surface area contributed by atoms with Crippen molar-refractivity contribution >= 4 is 35.0 Å². The van der Waals surface area contributed by atoms with Crippen molar-refractivity contribution in [3.63, 3.8) is 0 Å². The third-order valence-electron chi connectivity index (χ3n) is 3.18. The molecule has 0 bridgehead atoms. The van der Waals surface area contributed by atoms with Crippen LogP contribution in [-0.4, -0.2) is 14.8 Å². The highest BCUT2D eigenvalue weighted by molar-refractivity contribution is 7.98. The zero-order chi connectivity index (χ0) is 15.5. The summed E-state index contributed by atoms with van der Waals surface area (Å²) in [5.74, 6) is 1.57. The van der Waals surface area contributed by atoms with Gasteiger partial charge in [-0.3, -0.25) is 4.57 Å². The third kappa shape index (κ3) is 3.29. The number of thioether (sulfide) groups is 1. The molecule has 0 N–H and O–H groups in total. The largest absolute Gasteiger partial charge is 0.274 e. The van der Waals surface area contributed by atoms with Crippen molar-refractivity contribution in [2.24, 2.45) is 0 Å². The predicted molar refractivity (Wildman–Crippen MR) is 92.1 cm³/mol. The molecule has 0 radical (unpaired) electrons. The number of aryl methyl sites for hydroxylation is 1. The molecule has 0 fully saturated rings. The van der Waals surface area contributed by atoms with Crippen molar-refractivity contribution in [2.45, 2.75) is 17.8 Å². The summed E-state index contributed by atoms with van der Waals surface area (Å²) in [5, 5.41) is 10.6. The standard InChI is InChI=1S/C16H13Cl2N3S/c1-11-19-20-16(21(11)14-5-3-2-4-6-14)22-10-12-7-8-13(17)9-15(12)18/h2-9H,10H2,1H3. The summed E-state index contributed by atoms with van der Waals surface area (Å²) < 4.78 is 2.04. The fraction of sp³-hybridized carbons (Fsp3) is 0.125. The summed E-state index contributed by atoms with van der Waals surface area (Å²) in [4.78, 5) is 0. The Kier molecular flexibility index (Phi) is 4.71. The van der Waals surface area contributed by atoms with Crippen LogP contribution in [0.5, 0.6) is 0 Å². The molecule has 1 aromatic heterocycles. The van der Waals surface area contributed by atoms with Crippen molar-refractivity contribution in [3.8, 4) is 5.69 Å². The Hall–Kier alpha value is -1.49. The van der Waals surface area contributed by atoms with E-state index in [1.165, 1.54) is 0 Å². The van der Waals surface area contributed by atoms with Gasteiger partial charge in [0, 0.05) is 21.5 Å². The van der Waals surface area contributed by atoms with E-state index in [2.05, 4.69) is 10.2 Å². The van der Waals surface area contributed by atoms with Gasteiger partial charge in [0.2, 0.25) is 0 Å². The fourth-order valence-electron chi connectivity index (χ4n) is 2.09. The van der Waals surface area contributed by atoms with E-state index in [1.54, 1.807) is 17.8 Å². The molecule has 0 saturated heterocycles. The molecule has 22 heavy (non-hydrogen) atoms. The van der Waals surface area contributed by atoms with Crippen LogP contribution in [0.25, 0.3) is 5.69 Å². The van der Waals surface area contributed by atoms with Crippen LogP contribution in [0.3, 0.4) is 0 Å². The Labute approximate surface area is 143 Å². The van der Waals surface area contributed by atoms with Crippen molar-refractivity contribution in [2.75, 3.05) is 0 Å². The van der Waals surface area contributed by atoms with Crippen molar-refractivity contribution in [1.82, 2.24) is 14.8 Å². The van der Waals surface area contributed by atoms with E-state index in [4.69, 9.17) is 23.2 Å². The lowest BCUT2D eigenvalue weighted by molar-refractivity contribution is 0.868. The molecule has 6 heteroatoms. The summed E-state index contributed by atoms with van der Waals surface area (Å²) in [6, 6.07) is 15.6. The first-order chi connectivity index (χ1) is 10.6.